The second kappa shape index (κ2) is 4.40. The summed E-state index contributed by atoms with van der Waals surface area (Å²) in [7, 11) is 0. The molecule has 0 spiro atoms. The number of halogens is 2. The predicted molar refractivity (Wildman–Crippen MR) is 68.1 cm³/mol. The molecule has 3 N–H and O–H groups in total. The Balaban J connectivity index is 2.18. The lowest BCUT2D eigenvalue weighted by Gasteiger charge is -2.30. The summed E-state index contributed by atoms with van der Waals surface area (Å²) in [5.41, 5.74) is 5.70. The topological polar surface area (TPSA) is 50.9 Å². The van der Waals surface area contributed by atoms with Gasteiger partial charge in [0.25, 0.3) is 0 Å². The summed E-state index contributed by atoms with van der Waals surface area (Å²) in [6, 6.07) is 1.68. The highest BCUT2D eigenvalue weighted by Crippen LogP contribution is 2.41. The molecule has 1 atom stereocenters. The standard InChI is InChI=1S/C11H15Cl2N3/c1-11(6-14,7-2-3-7)16-10-9(13)4-8(12)5-15-10/h4-5,7H,2-3,6,14H2,1H3,(H,15,16). The Morgan fingerprint density at radius 3 is 2.75 bits per heavy atom. The van der Waals surface area contributed by atoms with Gasteiger partial charge in [-0.3, -0.25) is 0 Å². The maximum atomic E-state index is 6.07. The molecule has 0 bridgehead atoms. The Hall–Kier alpha value is -0.510. The molecule has 1 heterocycles. The molecule has 1 unspecified atom stereocenters. The van der Waals surface area contributed by atoms with E-state index in [1.165, 1.54) is 12.8 Å². The third kappa shape index (κ3) is 2.42. The van der Waals surface area contributed by atoms with Crippen molar-refractivity contribution >= 4 is 29.0 Å². The van der Waals surface area contributed by atoms with Gasteiger partial charge in [0.1, 0.15) is 5.82 Å². The van der Waals surface area contributed by atoms with Crippen LogP contribution in [0.25, 0.3) is 0 Å². The molecule has 1 aliphatic rings. The Bertz CT molecular complexity index is 393. The van der Waals surface area contributed by atoms with Crippen LogP contribution in [0.15, 0.2) is 12.3 Å². The first-order valence-corrected chi connectivity index (χ1v) is 6.10. The normalized spacial score (nSPS) is 19.2. The number of rotatable bonds is 4. The maximum Gasteiger partial charge on any atom is 0.145 e. The largest absolute Gasteiger partial charge is 0.362 e. The number of anilines is 1. The molecule has 1 aliphatic carbocycles. The summed E-state index contributed by atoms with van der Waals surface area (Å²) in [4.78, 5) is 4.19. The van der Waals surface area contributed by atoms with E-state index in [0.29, 0.717) is 28.3 Å². The summed E-state index contributed by atoms with van der Waals surface area (Å²) in [6.07, 6.45) is 4.01. The summed E-state index contributed by atoms with van der Waals surface area (Å²) < 4.78 is 0. The smallest absolute Gasteiger partial charge is 0.145 e. The number of nitrogens with one attached hydrogen (secondary N) is 1. The Morgan fingerprint density at radius 1 is 1.56 bits per heavy atom. The fraction of sp³-hybridized carbons (Fsp3) is 0.545. The van der Waals surface area contributed by atoms with Crippen LogP contribution >= 0.6 is 23.2 Å². The molecule has 1 aromatic rings. The van der Waals surface area contributed by atoms with Crippen molar-refractivity contribution in [2.24, 2.45) is 11.7 Å². The Kier molecular flexibility index (Phi) is 3.29. The number of hydrogen-bond donors (Lipinski definition) is 2. The first kappa shape index (κ1) is 12.0. The zero-order chi connectivity index (χ0) is 11.8. The first-order valence-electron chi connectivity index (χ1n) is 5.34. The lowest BCUT2D eigenvalue weighted by atomic mass is 9.96. The molecular formula is C11H15Cl2N3. The predicted octanol–water partition coefficient (Wildman–Crippen LogP) is 2.93. The number of hydrogen-bond acceptors (Lipinski definition) is 3. The minimum absolute atomic E-state index is 0.121. The van der Waals surface area contributed by atoms with Crippen LogP contribution in [0.3, 0.4) is 0 Å². The van der Waals surface area contributed by atoms with Crippen LogP contribution in [0.1, 0.15) is 19.8 Å². The molecule has 5 heteroatoms. The molecule has 2 rings (SSSR count). The van der Waals surface area contributed by atoms with Gasteiger partial charge >= 0.3 is 0 Å². The minimum Gasteiger partial charge on any atom is -0.362 e. The van der Waals surface area contributed by atoms with Gasteiger partial charge < -0.3 is 11.1 Å². The van der Waals surface area contributed by atoms with Crippen molar-refractivity contribution in [2.75, 3.05) is 11.9 Å². The van der Waals surface area contributed by atoms with Gasteiger partial charge in [0.05, 0.1) is 15.6 Å². The summed E-state index contributed by atoms with van der Waals surface area (Å²) in [6.45, 7) is 2.68. The average Bonchev–Trinajstić information content (AvgIpc) is 3.06. The van der Waals surface area contributed by atoms with Gasteiger partial charge in [0.2, 0.25) is 0 Å². The first-order chi connectivity index (χ1) is 7.55. The van der Waals surface area contributed by atoms with Crippen LogP contribution in [-0.2, 0) is 0 Å². The Morgan fingerprint density at radius 2 is 2.25 bits per heavy atom. The van der Waals surface area contributed by atoms with Crippen molar-refractivity contribution in [1.29, 1.82) is 0 Å². The Labute approximate surface area is 105 Å². The van der Waals surface area contributed by atoms with Crippen molar-refractivity contribution in [1.82, 2.24) is 4.98 Å². The third-order valence-electron chi connectivity index (χ3n) is 3.11. The molecule has 0 saturated heterocycles. The molecule has 0 aromatic carbocycles. The molecule has 3 nitrogen and oxygen atoms in total. The van der Waals surface area contributed by atoms with Crippen LogP contribution in [0.5, 0.6) is 0 Å². The molecular weight excluding hydrogens is 245 g/mol. The minimum atomic E-state index is -0.121. The molecule has 0 radical (unpaired) electrons. The zero-order valence-corrected chi connectivity index (χ0v) is 10.6. The van der Waals surface area contributed by atoms with Crippen LogP contribution in [-0.4, -0.2) is 17.1 Å². The molecule has 1 aromatic heterocycles. The van der Waals surface area contributed by atoms with Crippen molar-refractivity contribution in [3.8, 4) is 0 Å². The maximum absolute atomic E-state index is 6.07. The van der Waals surface area contributed by atoms with Gasteiger partial charge in [-0.1, -0.05) is 23.2 Å². The van der Waals surface area contributed by atoms with E-state index in [1.54, 1.807) is 12.3 Å². The molecule has 0 amide bonds. The van der Waals surface area contributed by atoms with E-state index in [2.05, 4.69) is 17.2 Å². The lowest BCUT2D eigenvalue weighted by Crippen LogP contribution is -2.45. The SMILES string of the molecule is CC(CN)(Nc1ncc(Cl)cc1Cl)C1CC1. The highest BCUT2D eigenvalue weighted by atomic mass is 35.5. The van der Waals surface area contributed by atoms with Crippen LogP contribution in [0.2, 0.25) is 10.0 Å². The van der Waals surface area contributed by atoms with E-state index >= 15 is 0 Å². The number of aromatic nitrogens is 1. The van der Waals surface area contributed by atoms with E-state index in [9.17, 15) is 0 Å². The van der Waals surface area contributed by atoms with E-state index < -0.39 is 0 Å². The van der Waals surface area contributed by atoms with Gasteiger partial charge in [-0.2, -0.15) is 0 Å². The number of pyridine rings is 1. The monoisotopic (exact) mass is 259 g/mol. The van der Waals surface area contributed by atoms with Crippen molar-refractivity contribution < 1.29 is 0 Å². The lowest BCUT2D eigenvalue weighted by molar-refractivity contribution is 0.458. The third-order valence-corrected chi connectivity index (χ3v) is 3.61. The van der Waals surface area contributed by atoms with E-state index in [1.807, 2.05) is 0 Å². The second-order valence-electron chi connectivity index (χ2n) is 4.50. The highest BCUT2D eigenvalue weighted by Gasteiger charge is 2.40. The van der Waals surface area contributed by atoms with Crippen molar-refractivity contribution in [2.45, 2.75) is 25.3 Å². The molecule has 1 fully saturated rings. The van der Waals surface area contributed by atoms with Gasteiger partial charge in [-0.25, -0.2) is 4.98 Å². The number of nitrogens with zero attached hydrogens (tertiary/aromatic N) is 1. The quantitative estimate of drug-likeness (QED) is 0.875. The van der Waals surface area contributed by atoms with Gasteiger partial charge in [-0.05, 0) is 31.7 Å². The van der Waals surface area contributed by atoms with E-state index in [4.69, 9.17) is 28.9 Å². The molecule has 16 heavy (non-hydrogen) atoms. The average molecular weight is 260 g/mol. The van der Waals surface area contributed by atoms with Crippen LogP contribution < -0.4 is 11.1 Å². The number of nitrogens with two attached hydrogens (primary N) is 1. The molecule has 0 aliphatic heterocycles. The van der Waals surface area contributed by atoms with E-state index in [0.717, 1.165) is 0 Å². The van der Waals surface area contributed by atoms with Gasteiger partial charge in [0, 0.05) is 12.7 Å². The van der Waals surface area contributed by atoms with Crippen LogP contribution in [0, 0.1) is 5.92 Å². The zero-order valence-electron chi connectivity index (χ0n) is 9.13. The highest BCUT2D eigenvalue weighted by molar-refractivity contribution is 6.35. The van der Waals surface area contributed by atoms with Gasteiger partial charge in [-0.15, -0.1) is 0 Å². The van der Waals surface area contributed by atoms with Crippen molar-refractivity contribution in [3.05, 3.63) is 22.3 Å². The summed E-state index contributed by atoms with van der Waals surface area (Å²) in [5, 5.41) is 4.41. The fourth-order valence-electron chi connectivity index (χ4n) is 1.82. The summed E-state index contributed by atoms with van der Waals surface area (Å²) in [5.74, 6) is 1.27. The molecule has 1 saturated carbocycles. The molecule has 88 valence electrons. The van der Waals surface area contributed by atoms with Gasteiger partial charge in [0.15, 0.2) is 0 Å². The second-order valence-corrected chi connectivity index (χ2v) is 5.35. The summed E-state index contributed by atoms with van der Waals surface area (Å²) >= 11 is 11.9. The fourth-order valence-corrected chi connectivity index (χ4v) is 2.24. The van der Waals surface area contributed by atoms with Crippen LogP contribution in [0.4, 0.5) is 5.82 Å². The van der Waals surface area contributed by atoms with Crippen molar-refractivity contribution in [3.63, 3.8) is 0 Å². The van der Waals surface area contributed by atoms with E-state index in [-0.39, 0.29) is 5.54 Å².